The van der Waals surface area contributed by atoms with Crippen LogP contribution in [0.15, 0.2) is 22.7 Å². The minimum atomic E-state index is -0.0348. The summed E-state index contributed by atoms with van der Waals surface area (Å²) in [5.74, 6) is 1.63. The van der Waals surface area contributed by atoms with E-state index in [9.17, 15) is 4.79 Å². The minimum Gasteiger partial charge on any atom is -0.338 e. The highest BCUT2D eigenvalue weighted by atomic mass is 32.1. The molecule has 148 valence electrons. The van der Waals surface area contributed by atoms with Crippen LogP contribution in [0.3, 0.4) is 0 Å². The van der Waals surface area contributed by atoms with E-state index >= 15 is 0 Å². The molecule has 0 bridgehead atoms. The number of fused-ring (bicyclic) bond motifs is 1. The Hall–Kier alpha value is -2.43. The van der Waals surface area contributed by atoms with Crippen LogP contribution in [0, 0.1) is 0 Å². The average molecular weight is 401 g/mol. The molecule has 0 aliphatic carbocycles. The summed E-state index contributed by atoms with van der Waals surface area (Å²) in [6.07, 6.45) is 0. The van der Waals surface area contributed by atoms with Crippen molar-refractivity contribution in [3.8, 4) is 0 Å². The van der Waals surface area contributed by atoms with Crippen LogP contribution in [0.4, 0.5) is 5.69 Å². The van der Waals surface area contributed by atoms with Gasteiger partial charge in [0.2, 0.25) is 11.8 Å². The van der Waals surface area contributed by atoms with E-state index in [1.165, 1.54) is 0 Å². The monoisotopic (exact) mass is 401 g/mol. The standard InChI is InChI=1S/C18H23N7O2S/c1-12(2)18-20-16(27-21-18)11-25-8-6-24(7-9-25)10-15(26)19-13-4-3-5-14-17(13)23-28-22-14/h3-5,12H,6-11H2,1-2H3,(H,19,26). The molecule has 1 N–H and O–H groups in total. The molecule has 1 aliphatic heterocycles. The highest BCUT2D eigenvalue weighted by Crippen LogP contribution is 2.21. The van der Waals surface area contributed by atoms with E-state index in [0.717, 1.165) is 54.8 Å². The maximum atomic E-state index is 12.4. The van der Waals surface area contributed by atoms with Gasteiger partial charge in [0.25, 0.3) is 0 Å². The molecule has 28 heavy (non-hydrogen) atoms. The highest BCUT2D eigenvalue weighted by Gasteiger charge is 2.21. The molecule has 1 saturated heterocycles. The van der Waals surface area contributed by atoms with Crippen LogP contribution in [0.2, 0.25) is 0 Å². The summed E-state index contributed by atoms with van der Waals surface area (Å²) in [5.41, 5.74) is 2.26. The van der Waals surface area contributed by atoms with Crippen LogP contribution in [0.25, 0.3) is 11.0 Å². The van der Waals surface area contributed by atoms with Crippen molar-refractivity contribution in [3.05, 3.63) is 29.9 Å². The molecule has 3 heterocycles. The van der Waals surface area contributed by atoms with Crippen LogP contribution >= 0.6 is 11.7 Å². The number of anilines is 1. The van der Waals surface area contributed by atoms with Crippen molar-refractivity contribution in [2.45, 2.75) is 26.3 Å². The number of hydrogen-bond donors (Lipinski definition) is 1. The van der Waals surface area contributed by atoms with E-state index in [0.29, 0.717) is 24.7 Å². The van der Waals surface area contributed by atoms with Gasteiger partial charge in [0.05, 0.1) is 30.5 Å². The van der Waals surface area contributed by atoms with Crippen molar-refractivity contribution in [1.29, 1.82) is 0 Å². The van der Waals surface area contributed by atoms with Gasteiger partial charge in [-0.3, -0.25) is 14.6 Å². The van der Waals surface area contributed by atoms with Gasteiger partial charge in [0.1, 0.15) is 11.0 Å². The Morgan fingerprint density at radius 1 is 1.21 bits per heavy atom. The molecule has 1 aliphatic rings. The molecule has 0 saturated carbocycles. The van der Waals surface area contributed by atoms with E-state index < -0.39 is 0 Å². The van der Waals surface area contributed by atoms with Gasteiger partial charge in [-0.15, -0.1) is 0 Å². The summed E-state index contributed by atoms with van der Waals surface area (Å²) >= 11 is 1.15. The lowest BCUT2D eigenvalue weighted by atomic mass is 10.2. The van der Waals surface area contributed by atoms with E-state index in [-0.39, 0.29) is 11.8 Å². The molecule has 1 fully saturated rings. The van der Waals surface area contributed by atoms with Gasteiger partial charge >= 0.3 is 0 Å². The second-order valence-electron chi connectivity index (χ2n) is 7.24. The third-order valence-electron chi connectivity index (χ3n) is 4.75. The van der Waals surface area contributed by atoms with Gasteiger partial charge in [0, 0.05) is 32.1 Å². The Balaban J connectivity index is 1.26. The van der Waals surface area contributed by atoms with Crippen molar-refractivity contribution in [1.82, 2.24) is 28.7 Å². The van der Waals surface area contributed by atoms with E-state index in [4.69, 9.17) is 4.52 Å². The maximum absolute atomic E-state index is 12.4. The number of carbonyl (C=O) groups is 1. The van der Waals surface area contributed by atoms with E-state index in [1.807, 2.05) is 32.0 Å². The first-order valence-electron chi connectivity index (χ1n) is 9.37. The third kappa shape index (κ3) is 4.34. The zero-order chi connectivity index (χ0) is 19.5. The molecule has 0 unspecified atom stereocenters. The quantitative estimate of drug-likeness (QED) is 0.669. The predicted molar refractivity (Wildman–Crippen MR) is 106 cm³/mol. The summed E-state index contributed by atoms with van der Waals surface area (Å²) < 4.78 is 13.8. The molecule has 9 nitrogen and oxygen atoms in total. The highest BCUT2D eigenvalue weighted by molar-refractivity contribution is 7.00. The van der Waals surface area contributed by atoms with Crippen LogP contribution in [0.5, 0.6) is 0 Å². The van der Waals surface area contributed by atoms with Crippen molar-refractivity contribution < 1.29 is 9.32 Å². The molecule has 0 atom stereocenters. The Labute approximate surface area is 167 Å². The number of benzene rings is 1. The first-order chi connectivity index (χ1) is 13.6. The van der Waals surface area contributed by atoms with Gasteiger partial charge in [-0.2, -0.15) is 13.7 Å². The molecular weight excluding hydrogens is 378 g/mol. The molecule has 1 amide bonds. The molecule has 0 radical (unpaired) electrons. The normalized spacial score (nSPS) is 16.1. The average Bonchev–Trinajstić information content (AvgIpc) is 3.33. The largest absolute Gasteiger partial charge is 0.338 e. The van der Waals surface area contributed by atoms with Gasteiger partial charge in [0.15, 0.2) is 5.82 Å². The number of aromatic nitrogens is 4. The molecule has 10 heteroatoms. The second kappa shape index (κ2) is 8.29. The van der Waals surface area contributed by atoms with Gasteiger partial charge < -0.3 is 9.84 Å². The molecule has 0 spiro atoms. The van der Waals surface area contributed by atoms with Crippen molar-refractivity contribution >= 4 is 34.4 Å². The molecule has 3 aromatic rings. The third-order valence-corrected chi connectivity index (χ3v) is 5.29. The number of nitrogens with one attached hydrogen (secondary N) is 1. The fraction of sp³-hybridized carbons (Fsp3) is 0.500. The zero-order valence-electron chi connectivity index (χ0n) is 16.0. The number of rotatable bonds is 6. The Kier molecular flexibility index (Phi) is 5.60. The SMILES string of the molecule is CC(C)c1noc(CN2CCN(CC(=O)Nc3cccc4nsnc34)CC2)n1. The van der Waals surface area contributed by atoms with Crippen LogP contribution < -0.4 is 5.32 Å². The maximum Gasteiger partial charge on any atom is 0.240 e. The number of amides is 1. The summed E-state index contributed by atoms with van der Waals surface area (Å²) in [6, 6.07) is 5.62. The lowest BCUT2D eigenvalue weighted by molar-refractivity contribution is -0.117. The van der Waals surface area contributed by atoms with E-state index in [1.54, 1.807) is 0 Å². The molecule has 1 aromatic carbocycles. The number of nitrogens with zero attached hydrogens (tertiary/aromatic N) is 6. The Morgan fingerprint density at radius 3 is 2.75 bits per heavy atom. The fourth-order valence-electron chi connectivity index (χ4n) is 3.16. The first kappa shape index (κ1) is 18.9. The van der Waals surface area contributed by atoms with Crippen LogP contribution in [-0.4, -0.2) is 67.3 Å². The van der Waals surface area contributed by atoms with E-state index in [2.05, 4.69) is 34.0 Å². The lowest BCUT2D eigenvalue weighted by Crippen LogP contribution is -2.48. The van der Waals surface area contributed by atoms with Gasteiger partial charge in [-0.25, -0.2) is 0 Å². The second-order valence-corrected chi connectivity index (χ2v) is 7.77. The topological polar surface area (TPSA) is 100 Å². The number of hydrogen-bond acceptors (Lipinski definition) is 9. The van der Waals surface area contributed by atoms with Crippen molar-refractivity contribution in [2.75, 3.05) is 38.0 Å². The lowest BCUT2D eigenvalue weighted by Gasteiger charge is -2.33. The summed E-state index contributed by atoms with van der Waals surface area (Å²) in [6.45, 7) is 8.46. The summed E-state index contributed by atoms with van der Waals surface area (Å²) in [5, 5.41) is 6.97. The van der Waals surface area contributed by atoms with Gasteiger partial charge in [-0.05, 0) is 12.1 Å². The van der Waals surface area contributed by atoms with Crippen molar-refractivity contribution in [2.24, 2.45) is 0 Å². The smallest absolute Gasteiger partial charge is 0.240 e. The summed E-state index contributed by atoms with van der Waals surface area (Å²) in [4.78, 5) is 21.3. The minimum absolute atomic E-state index is 0.0348. The number of piperazine rings is 1. The zero-order valence-corrected chi connectivity index (χ0v) is 16.8. The first-order valence-corrected chi connectivity index (χ1v) is 10.1. The predicted octanol–water partition coefficient (Wildman–Crippen LogP) is 1.95. The fourth-order valence-corrected chi connectivity index (χ4v) is 3.71. The van der Waals surface area contributed by atoms with Gasteiger partial charge in [-0.1, -0.05) is 25.1 Å². The molecule has 4 rings (SSSR count). The van der Waals surface area contributed by atoms with Crippen molar-refractivity contribution in [3.63, 3.8) is 0 Å². The molecule has 2 aromatic heterocycles. The Bertz CT molecular complexity index is 946. The number of carbonyl (C=O) groups excluding carboxylic acids is 1. The van der Waals surface area contributed by atoms with Crippen LogP contribution in [-0.2, 0) is 11.3 Å². The van der Waals surface area contributed by atoms with Crippen LogP contribution in [0.1, 0.15) is 31.5 Å². The summed E-state index contributed by atoms with van der Waals surface area (Å²) in [7, 11) is 0. The Morgan fingerprint density at radius 2 is 2.00 bits per heavy atom. The molecular formula is C18H23N7O2S.